The van der Waals surface area contributed by atoms with Gasteiger partial charge in [-0.05, 0) is 25.5 Å². The summed E-state index contributed by atoms with van der Waals surface area (Å²) in [6.45, 7) is 3.94. The van der Waals surface area contributed by atoms with Gasteiger partial charge in [0.2, 0.25) is 0 Å². The van der Waals surface area contributed by atoms with E-state index in [2.05, 4.69) is 17.3 Å². The highest BCUT2D eigenvalue weighted by Gasteiger charge is 2.22. The van der Waals surface area contributed by atoms with Crippen LogP contribution < -0.4 is 10.1 Å². The van der Waals surface area contributed by atoms with Gasteiger partial charge in [0.25, 0.3) is 5.91 Å². The van der Waals surface area contributed by atoms with Crippen molar-refractivity contribution in [3.8, 4) is 5.75 Å². The molecule has 0 aliphatic carbocycles. The molecule has 0 spiro atoms. The van der Waals surface area contributed by atoms with Crippen LogP contribution in [0.25, 0.3) is 0 Å². The molecule has 0 aliphatic heterocycles. The fraction of sp³-hybridized carbons (Fsp3) is 0.389. The van der Waals surface area contributed by atoms with Gasteiger partial charge in [-0.2, -0.15) is 5.10 Å². The van der Waals surface area contributed by atoms with Crippen molar-refractivity contribution in [2.45, 2.75) is 33.2 Å². The molecule has 0 bridgehead atoms. The van der Waals surface area contributed by atoms with Gasteiger partial charge >= 0.3 is 5.97 Å². The maximum atomic E-state index is 12.3. The van der Waals surface area contributed by atoms with Crippen molar-refractivity contribution in [1.29, 1.82) is 0 Å². The number of carbonyl (C=O) groups excluding carboxylic acids is 2. The SMILES string of the molecule is CCCCn1nc(C)c(C(=O)OCC(=O)Nc2cccc(OC)c2)c1Cl. The standard InChI is InChI=1S/C18H22ClN3O4/c1-4-5-9-22-17(19)16(12(2)21-22)18(24)26-11-15(23)20-13-7-6-8-14(10-13)25-3/h6-8,10H,4-5,9,11H2,1-3H3,(H,20,23). The van der Waals surface area contributed by atoms with Gasteiger partial charge < -0.3 is 14.8 Å². The number of benzene rings is 1. The molecule has 7 nitrogen and oxygen atoms in total. The number of nitrogens with zero attached hydrogens (tertiary/aromatic N) is 2. The number of ether oxygens (including phenoxy) is 2. The molecule has 0 saturated carbocycles. The smallest absolute Gasteiger partial charge is 0.343 e. The molecule has 26 heavy (non-hydrogen) atoms. The van der Waals surface area contributed by atoms with E-state index in [4.69, 9.17) is 21.1 Å². The van der Waals surface area contributed by atoms with Gasteiger partial charge in [-0.3, -0.25) is 9.48 Å². The summed E-state index contributed by atoms with van der Waals surface area (Å²) in [5.74, 6) is -0.517. The first kappa shape index (κ1) is 19.8. The zero-order chi connectivity index (χ0) is 19.1. The molecule has 1 amide bonds. The van der Waals surface area contributed by atoms with E-state index < -0.39 is 18.5 Å². The van der Waals surface area contributed by atoms with Crippen molar-refractivity contribution < 1.29 is 19.1 Å². The second-order valence-electron chi connectivity index (χ2n) is 5.68. The average molecular weight is 380 g/mol. The highest BCUT2D eigenvalue weighted by Crippen LogP contribution is 2.21. The van der Waals surface area contributed by atoms with E-state index in [1.165, 1.54) is 7.11 Å². The van der Waals surface area contributed by atoms with E-state index in [9.17, 15) is 9.59 Å². The Morgan fingerprint density at radius 3 is 2.81 bits per heavy atom. The molecule has 0 atom stereocenters. The van der Waals surface area contributed by atoms with Crippen LogP contribution in [0.15, 0.2) is 24.3 Å². The van der Waals surface area contributed by atoms with Gasteiger partial charge in [0.05, 0.1) is 12.8 Å². The lowest BCUT2D eigenvalue weighted by Crippen LogP contribution is -2.21. The summed E-state index contributed by atoms with van der Waals surface area (Å²) in [5, 5.41) is 7.12. The lowest BCUT2D eigenvalue weighted by atomic mass is 10.2. The predicted molar refractivity (Wildman–Crippen MR) is 98.8 cm³/mol. The van der Waals surface area contributed by atoms with Crippen LogP contribution in [0.5, 0.6) is 5.75 Å². The molecule has 1 aromatic carbocycles. The van der Waals surface area contributed by atoms with E-state index in [1.54, 1.807) is 35.9 Å². The van der Waals surface area contributed by atoms with Gasteiger partial charge in [0, 0.05) is 18.3 Å². The predicted octanol–water partition coefficient (Wildman–Crippen LogP) is 3.45. The fourth-order valence-corrected chi connectivity index (χ4v) is 2.68. The molecule has 0 saturated heterocycles. The van der Waals surface area contributed by atoms with Crippen molar-refractivity contribution in [3.05, 3.63) is 40.7 Å². The summed E-state index contributed by atoms with van der Waals surface area (Å²) in [5.41, 5.74) is 1.22. The van der Waals surface area contributed by atoms with Crippen LogP contribution in [-0.2, 0) is 16.1 Å². The average Bonchev–Trinajstić information content (AvgIpc) is 2.91. The quantitative estimate of drug-likeness (QED) is 0.710. The fourth-order valence-electron chi connectivity index (χ4n) is 2.34. The largest absolute Gasteiger partial charge is 0.497 e. The number of aromatic nitrogens is 2. The lowest BCUT2D eigenvalue weighted by molar-refractivity contribution is -0.119. The van der Waals surface area contributed by atoms with E-state index >= 15 is 0 Å². The molecule has 0 fully saturated rings. The van der Waals surface area contributed by atoms with Crippen LogP contribution in [0, 0.1) is 6.92 Å². The zero-order valence-electron chi connectivity index (χ0n) is 15.0. The van der Waals surface area contributed by atoms with Crippen LogP contribution in [0.2, 0.25) is 5.15 Å². The number of amides is 1. The Morgan fingerprint density at radius 1 is 1.35 bits per heavy atom. The minimum Gasteiger partial charge on any atom is -0.497 e. The van der Waals surface area contributed by atoms with Gasteiger partial charge in [-0.15, -0.1) is 0 Å². The molecule has 1 N–H and O–H groups in total. The Bertz CT molecular complexity index is 789. The van der Waals surface area contributed by atoms with E-state index in [1.807, 2.05) is 0 Å². The number of hydrogen-bond donors (Lipinski definition) is 1. The minimum atomic E-state index is -0.670. The van der Waals surface area contributed by atoms with Gasteiger partial charge in [-0.25, -0.2) is 4.79 Å². The lowest BCUT2D eigenvalue weighted by Gasteiger charge is -2.08. The highest BCUT2D eigenvalue weighted by molar-refractivity contribution is 6.32. The Morgan fingerprint density at radius 2 is 2.12 bits per heavy atom. The molecule has 140 valence electrons. The van der Waals surface area contributed by atoms with Crippen LogP contribution >= 0.6 is 11.6 Å². The number of anilines is 1. The van der Waals surface area contributed by atoms with Crippen LogP contribution in [-0.4, -0.2) is 35.4 Å². The van der Waals surface area contributed by atoms with Crippen molar-refractivity contribution in [2.24, 2.45) is 0 Å². The molecule has 1 heterocycles. The van der Waals surface area contributed by atoms with Gasteiger partial charge in [0.1, 0.15) is 16.5 Å². The summed E-state index contributed by atoms with van der Waals surface area (Å²) in [7, 11) is 1.54. The van der Waals surface area contributed by atoms with Crippen molar-refractivity contribution in [3.63, 3.8) is 0 Å². The number of carbonyl (C=O) groups is 2. The Balaban J connectivity index is 1.95. The molecule has 8 heteroatoms. The van der Waals surface area contributed by atoms with E-state index in [0.717, 1.165) is 12.8 Å². The Labute approximate surface area is 157 Å². The topological polar surface area (TPSA) is 82.5 Å². The number of rotatable bonds is 8. The minimum absolute atomic E-state index is 0.192. The molecular weight excluding hydrogens is 358 g/mol. The molecule has 1 aromatic heterocycles. The van der Waals surface area contributed by atoms with E-state index in [-0.39, 0.29) is 10.7 Å². The molecule has 0 aliphatic rings. The Kier molecular flexibility index (Phi) is 7.03. The number of nitrogens with one attached hydrogen (secondary N) is 1. The molecule has 0 unspecified atom stereocenters. The maximum Gasteiger partial charge on any atom is 0.343 e. The van der Waals surface area contributed by atoms with Gasteiger partial charge in [0.15, 0.2) is 6.61 Å². The monoisotopic (exact) mass is 379 g/mol. The van der Waals surface area contributed by atoms with Crippen LogP contribution in [0.3, 0.4) is 0 Å². The van der Waals surface area contributed by atoms with Crippen molar-refractivity contribution >= 4 is 29.2 Å². The summed E-state index contributed by atoms with van der Waals surface area (Å²) < 4.78 is 11.7. The number of hydrogen-bond acceptors (Lipinski definition) is 5. The van der Waals surface area contributed by atoms with Crippen molar-refractivity contribution in [2.75, 3.05) is 19.0 Å². The molecule has 0 radical (unpaired) electrons. The summed E-state index contributed by atoms with van der Waals surface area (Å²) >= 11 is 6.22. The van der Waals surface area contributed by atoms with Crippen molar-refractivity contribution in [1.82, 2.24) is 9.78 Å². The van der Waals surface area contributed by atoms with Crippen LogP contribution in [0.4, 0.5) is 5.69 Å². The summed E-state index contributed by atoms with van der Waals surface area (Å²) in [4.78, 5) is 24.3. The first-order valence-electron chi connectivity index (χ1n) is 8.30. The molecular formula is C18H22ClN3O4. The Hall–Kier alpha value is -2.54. The second-order valence-corrected chi connectivity index (χ2v) is 6.04. The maximum absolute atomic E-state index is 12.3. The summed E-state index contributed by atoms with van der Waals surface area (Å²) in [6.07, 6.45) is 1.89. The third-order valence-electron chi connectivity index (χ3n) is 3.68. The number of unbranched alkanes of at least 4 members (excludes halogenated alkanes) is 1. The third-order valence-corrected chi connectivity index (χ3v) is 4.06. The third kappa shape index (κ3) is 4.98. The summed E-state index contributed by atoms with van der Waals surface area (Å²) in [6, 6.07) is 6.88. The number of esters is 1. The van der Waals surface area contributed by atoms with Crippen LogP contribution in [0.1, 0.15) is 35.8 Å². The zero-order valence-corrected chi connectivity index (χ0v) is 15.8. The van der Waals surface area contributed by atoms with E-state index in [0.29, 0.717) is 23.7 Å². The first-order valence-corrected chi connectivity index (χ1v) is 8.68. The number of methoxy groups -OCH3 is 1. The number of aryl methyl sites for hydroxylation is 2. The number of halogens is 1. The first-order chi connectivity index (χ1) is 12.5. The van der Waals surface area contributed by atoms with Gasteiger partial charge in [-0.1, -0.05) is 31.0 Å². The molecule has 2 rings (SSSR count). The highest BCUT2D eigenvalue weighted by atomic mass is 35.5. The normalized spacial score (nSPS) is 10.5. The second kappa shape index (κ2) is 9.24. The molecule has 2 aromatic rings.